The third kappa shape index (κ3) is 5.90. The average molecular weight is 322 g/mol. The van der Waals surface area contributed by atoms with Gasteiger partial charge in [-0.25, -0.2) is 4.79 Å². The van der Waals surface area contributed by atoms with Crippen molar-refractivity contribution in [2.75, 3.05) is 0 Å². The van der Waals surface area contributed by atoms with Gasteiger partial charge in [0.25, 0.3) is 0 Å². The number of rotatable bonds is 3. The van der Waals surface area contributed by atoms with Crippen molar-refractivity contribution in [3.8, 4) is 11.5 Å². The molecule has 1 aromatic rings. The van der Waals surface area contributed by atoms with Crippen LogP contribution in [-0.2, 0) is 19.1 Å². The molecule has 0 N–H and O–H groups in total. The third-order valence-corrected chi connectivity index (χ3v) is 2.44. The molecule has 124 valence electrons. The molecule has 0 aliphatic heterocycles. The minimum atomic E-state index is -0.938. The van der Waals surface area contributed by atoms with Crippen LogP contribution in [0.1, 0.15) is 45.0 Å². The first-order valence-electron chi connectivity index (χ1n) is 6.77. The standard InChI is InChI=1S/C16H18O7/c1-9(17)21-12-6-11(7-13(8-12)22-10(2)18)14(19)23-15(20)16(3,4)5/h6-8H,1-5H3. The molecule has 0 heterocycles. The molecule has 0 radical (unpaired) electrons. The number of carbonyl (C=O) groups excluding carboxylic acids is 4. The van der Waals surface area contributed by atoms with E-state index in [1.807, 2.05) is 0 Å². The Hall–Kier alpha value is -2.70. The van der Waals surface area contributed by atoms with Crippen LogP contribution in [0.2, 0.25) is 0 Å². The molecule has 0 aliphatic rings. The van der Waals surface area contributed by atoms with Crippen LogP contribution >= 0.6 is 0 Å². The molecule has 7 nitrogen and oxygen atoms in total. The fraction of sp³-hybridized carbons (Fsp3) is 0.375. The molecular formula is C16H18O7. The molecule has 0 fully saturated rings. The summed E-state index contributed by atoms with van der Waals surface area (Å²) in [6, 6.07) is 3.70. The van der Waals surface area contributed by atoms with Crippen molar-refractivity contribution < 1.29 is 33.4 Å². The normalized spacial score (nSPS) is 10.7. The summed E-state index contributed by atoms with van der Waals surface area (Å²) in [5.74, 6) is -2.90. The van der Waals surface area contributed by atoms with Gasteiger partial charge >= 0.3 is 23.9 Å². The van der Waals surface area contributed by atoms with E-state index in [2.05, 4.69) is 0 Å². The van der Waals surface area contributed by atoms with Gasteiger partial charge in [0.05, 0.1) is 11.0 Å². The van der Waals surface area contributed by atoms with Crippen molar-refractivity contribution >= 4 is 23.9 Å². The lowest BCUT2D eigenvalue weighted by atomic mass is 9.97. The van der Waals surface area contributed by atoms with Gasteiger partial charge < -0.3 is 14.2 Å². The van der Waals surface area contributed by atoms with Gasteiger partial charge in [-0.3, -0.25) is 14.4 Å². The molecule has 0 aliphatic carbocycles. The summed E-state index contributed by atoms with van der Waals surface area (Å²) in [6.45, 7) is 7.16. The first-order chi connectivity index (χ1) is 10.5. The van der Waals surface area contributed by atoms with E-state index in [4.69, 9.17) is 14.2 Å². The second kappa shape index (κ2) is 7.04. The molecule has 0 saturated carbocycles. The van der Waals surface area contributed by atoms with Gasteiger partial charge in [-0.1, -0.05) is 0 Å². The Labute approximate surface area is 133 Å². The predicted octanol–water partition coefficient (Wildman–Crippen LogP) is 2.27. The molecule has 0 aromatic heterocycles. The molecule has 0 atom stereocenters. The Morgan fingerprint density at radius 3 is 1.61 bits per heavy atom. The molecule has 0 unspecified atom stereocenters. The molecule has 1 aromatic carbocycles. The van der Waals surface area contributed by atoms with Crippen LogP contribution in [-0.4, -0.2) is 23.9 Å². The van der Waals surface area contributed by atoms with E-state index >= 15 is 0 Å². The van der Waals surface area contributed by atoms with Crippen LogP contribution in [0.3, 0.4) is 0 Å². The number of carbonyl (C=O) groups is 4. The Balaban J connectivity index is 3.12. The Morgan fingerprint density at radius 1 is 0.826 bits per heavy atom. The van der Waals surface area contributed by atoms with Crippen molar-refractivity contribution in [3.63, 3.8) is 0 Å². The molecule has 1 rings (SSSR count). The fourth-order valence-electron chi connectivity index (χ4n) is 1.44. The molecule has 0 amide bonds. The summed E-state index contributed by atoms with van der Waals surface area (Å²) < 4.78 is 14.5. The van der Waals surface area contributed by atoms with Gasteiger partial charge in [0, 0.05) is 19.9 Å². The van der Waals surface area contributed by atoms with Crippen molar-refractivity contribution in [3.05, 3.63) is 23.8 Å². The van der Waals surface area contributed by atoms with Crippen LogP contribution < -0.4 is 9.47 Å². The van der Waals surface area contributed by atoms with Crippen LogP contribution in [0, 0.1) is 5.41 Å². The molecule has 0 bridgehead atoms. The van der Waals surface area contributed by atoms with E-state index in [1.165, 1.54) is 32.0 Å². The zero-order valence-corrected chi connectivity index (χ0v) is 13.6. The number of ether oxygens (including phenoxy) is 3. The maximum Gasteiger partial charge on any atom is 0.346 e. The van der Waals surface area contributed by atoms with Crippen molar-refractivity contribution in [1.82, 2.24) is 0 Å². The van der Waals surface area contributed by atoms with Gasteiger partial charge in [-0.2, -0.15) is 0 Å². The van der Waals surface area contributed by atoms with E-state index < -0.39 is 29.3 Å². The average Bonchev–Trinajstić information content (AvgIpc) is 2.35. The van der Waals surface area contributed by atoms with Crippen LogP contribution in [0.25, 0.3) is 0 Å². The summed E-state index contributed by atoms with van der Waals surface area (Å²) in [4.78, 5) is 45.9. The van der Waals surface area contributed by atoms with E-state index in [-0.39, 0.29) is 17.1 Å². The predicted molar refractivity (Wildman–Crippen MR) is 78.9 cm³/mol. The van der Waals surface area contributed by atoms with Gasteiger partial charge in [0.1, 0.15) is 11.5 Å². The zero-order valence-electron chi connectivity index (χ0n) is 13.6. The lowest BCUT2D eigenvalue weighted by Crippen LogP contribution is -2.26. The van der Waals surface area contributed by atoms with Crippen LogP contribution in [0.5, 0.6) is 11.5 Å². The minimum Gasteiger partial charge on any atom is -0.427 e. The summed E-state index contributed by atoms with van der Waals surface area (Å²) in [6.07, 6.45) is 0. The Kier molecular flexibility index (Phi) is 5.62. The van der Waals surface area contributed by atoms with Gasteiger partial charge in [0.15, 0.2) is 0 Å². The SMILES string of the molecule is CC(=O)Oc1cc(OC(C)=O)cc(C(=O)OC(=O)C(C)(C)C)c1. The zero-order chi connectivity index (χ0) is 17.8. The highest BCUT2D eigenvalue weighted by Gasteiger charge is 2.27. The largest absolute Gasteiger partial charge is 0.427 e. The first kappa shape index (κ1) is 18.3. The first-order valence-corrected chi connectivity index (χ1v) is 6.77. The second-order valence-electron chi connectivity index (χ2n) is 5.81. The Bertz CT molecular complexity index is 619. The van der Waals surface area contributed by atoms with Crippen molar-refractivity contribution in [2.45, 2.75) is 34.6 Å². The number of hydrogen-bond acceptors (Lipinski definition) is 7. The summed E-state index contributed by atoms with van der Waals surface area (Å²) in [5, 5.41) is 0. The fourth-order valence-corrected chi connectivity index (χ4v) is 1.44. The number of esters is 4. The van der Waals surface area contributed by atoms with Crippen molar-refractivity contribution in [2.24, 2.45) is 5.41 Å². The van der Waals surface area contributed by atoms with Crippen LogP contribution in [0.15, 0.2) is 18.2 Å². The Morgan fingerprint density at radius 2 is 1.26 bits per heavy atom. The van der Waals surface area contributed by atoms with Gasteiger partial charge in [-0.15, -0.1) is 0 Å². The van der Waals surface area contributed by atoms with Crippen molar-refractivity contribution in [1.29, 1.82) is 0 Å². The maximum atomic E-state index is 12.1. The number of benzene rings is 1. The lowest BCUT2D eigenvalue weighted by Gasteiger charge is -2.15. The van der Waals surface area contributed by atoms with E-state index in [1.54, 1.807) is 20.8 Å². The summed E-state index contributed by atoms with van der Waals surface area (Å²) >= 11 is 0. The van der Waals surface area contributed by atoms with Crippen LogP contribution in [0.4, 0.5) is 0 Å². The van der Waals surface area contributed by atoms with E-state index in [0.29, 0.717) is 0 Å². The highest BCUT2D eigenvalue weighted by atomic mass is 16.6. The second-order valence-corrected chi connectivity index (χ2v) is 5.81. The van der Waals surface area contributed by atoms with Gasteiger partial charge in [0.2, 0.25) is 0 Å². The quantitative estimate of drug-likeness (QED) is 0.478. The van der Waals surface area contributed by atoms with E-state index in [9.17, 15) is 19.2 Å². The molecule has 7 heteroatoms. The highest BCUT2D eigenvalue weighted by Crippen LogP contribution is 2.25. The molecule has 0 saturated heterocycles. The monoisotopic (exact) mass is 322 g/mol. The topological polar surface area (TPSA) is 96.0 Å². The lowest BCUT2D eigenvalue weighted by molar-refractivity contribution is -0.146. The maximum absolute atomic E-state index is 12.1. The van der Waals surface area contributed by atoms with E-state index in [0.717, 1.165) is 0 Å². The highest BCUT2D eigenvalue weighted by molar-refractivity contribution is 5.98. The number of hydrogen-bond donors (Lipinski definition) is 0. The molecule has 0 spiro atoms. The summed E-state index contributed by atoms with van der Waals surface area (Å²) in [5.41, 5.74) is -0.945. The third-order valence-electron chi connectivity index (χ3n) is 2.44. The minimum absolute atomic E-state index is 0.00796. The van der Waals surface area contributed by atoms with Gasteiger partial charge in [-0.05, 0) is 32.9 Å². The molecular weight excluding hydrogens is 304 g/mol. The smallest absolute Gasteiger partial charge is 0.346 e. The summed E-state index contributed by atoms with van der Waals surface area (Å²) in [7, 11) is 0. The molecule has 23 heavy (non-hydrogen) atoms.